The smallest absolute Gasteiger partial charge is 0.253 e. The molecule has 0 aliphatic carbocycles. The van der Waals surface area contributed by atoms with Crippen LogP contribution < -0.4 is 21.1 Å². The summed E-state index contributed by atoms with van der Waals surface area (Å²) < 4.78 is 0. The van der Waals surface area contributed by atoms with Gasteiger partial charge in [0.15, 0.2) is 0 Å². The first kappa shape index (κ1) is 19.2. The van der Waals surface area contributed by atoms with Crippen molar-refractivity contribution in [1.82, 2.24) is 9.80 Å². The van der Waals surface area contributed by atoms with Crippen molar-refractivity contribution in [1.29, 1.82) is 0 Å². The molecule has 1 atom stereocenters. The van der Waals surface area contributed by atoms with Crippen LogP contribution in [0, 0.1) is 0 Å². The largest absolute Gasteiger partial charge is 0.378 e. The Morgan fingerprint density at radius 3 is 2.46 bits per heavy atom. The molecule has 0 spiro atoms. The van der Waals surface area contributed by atoms with Gasteiger partial charge in [0.2, 0.25) is 0 Å². The molecule has 2 aliphatic rings. The van der Waals surface area contributed by atoms with E-state index in [0.717, 1.165) is 58.8 Å². The van der Waals surface area contributed by atoms with Gasteiger partial charge in [0.1, 0.15) is 11.4 Å². The summed E-state index contributed by atoms with van der Waals surface area (Å²) in [5, 5.41) is 3.32. The second kappa shape index (κ2) is 8.45. The van der Waals surface area contributed by atoms with E-state index in [4.69, 9.17) is 0 Å². The highest BCUT2D eigenvalue weighted by molar-refractivity contribution is 5.75. The number of nitrogens with zero attached hydrogens (tertiary/aromatic N) is 3. The van der Waals surface area contributed by atoms with E-state index in [2.05, 4.69) is 51.2 Å². The summed E-state index contributed by atoms with van der Waals surface area (Å²) in [7, 11) is 0. The lowest BCUT2D eigenvalue weighted by molar-refractivity contribution is 0.249. The fraction of sp³-hybridized carbons (Fsp3) is 0.545. The monoisotopic (exact) mass is 382 g/mol. The zero-order chi connectivity index (χ0) is 19.5. The first-order chi connectivity index (χ1) is 13.7. The molecule has 2 aromatic carbocycles. The Hall–Kier alpha value is -2.18. The van der Waals surface area contributed by atoms with Crippen LogP contribution in [0.3, 0.4) is 0 Å². The number of likely N-dealkylation sites (tertiary alicyclic amines) is 1. The van der Waals surface area contributed by atoms with Crippen molar-refractivity contribution in [3.8, 4) is 0 Å². The van der Waals surface area contributed by atoms with Gasteiger partial charge in [0, 0.05) is 45.3 Å². The average molecular weight is 383 g/mol. The summed E-state index contributed by atoms with van der Waals surface area (Å²) in [6.07, 6.45) is 2.37. The summed E-state index contributed by atoms with van der Waals surface area (Å²) >= 11 is 0. The average Bonchev–Trinajstić information content (AvgIpc) is 3.19. The first-order valence-corrected chi connectivity index (χ1v) is 10.5. The van der Waals surface area contributed by atoms with Gasteiger partial charge in [0.25, 0.3) is 10.9 Å². The lowest BCUT2D eigenvalue weighted by Crippen LogP contribution is -2.51. The molecule has 28 heavy (non-hydrogen) atoms. The van der Waals surface area contributed by atoms with Gasteiger partial charge in [0.05, 0.1) is 0 Å². The van der Waals surface area contributed by atoms with E-state index in [9.17, 15) is 9.59 Å². The van der Waals surface area contributed by atoms with Crippen LogP contribution >= 0.6 is 0 Å². The van der Waals surface area contributed by atoms with Crippen LogP contribution in [0.1, 0.15) is 25.3 Å². The van der Waals surface area contributed by atoms with E-state index in [1.54, 1.807) is 0 Å². The highest BCUT2D eigenvalue weighted by Gasteiger charge is 2.30. The Balaban J connectivity index is 1.35. The molecule has 2 aromatic rings. The Labute approximate surface area is 166 Å². The van der Waals surface area contributed by atoms with Gasteiger partial charge in [-0.3, -0.25) is 19.4 Å². The summed E-state index contributed by atoms with van der Waals surface area (Å²) in [5.41, 5.74) is 1.81. The van der Waals surface area contributed by atoms with E-state index in [0.29, 0.717) is 17.4 Å². The predicted molar refractivity (Wildman–Crippen MR) is 114 cm³/mol. The number of likely N-dealkylation sites (N-methyl/N-ethyl adjacent to an activating group) is 1. The van der Waals surface area contributed by atoms with E-state index in [1.807, 2.05) is 6.07 Å². The fourth-order valence-corrected chi connectivity index (χ4v) is 4.58. The molecule has 0 amide bonds. The van der Waals surface area contributed by atoms with Crippen LogP contribution in [0.25, 0.3) is 0 Å². The molecule has 1 N–H and O–H groups in total. The Bertz CT molecular complexity index is 851. The zero-order valence-electron chi connectivity index (χ0n) is 16.7. The number of nitrogens with one attached hydrogen (secondary N) is 1. The molecule has 0 bridgehead atoms. The van der Waals surface area contributed by atoms with Crippen molar-refractivity contribution in [2.45, 2.75) is 32.4 Å². The second-order valence-electron chi connectivity index (χ2n) is 7.94. The minimum Gasteiger partial charge on any atom is -0.378 e. The molecule has 6 heteroatoms. The van der Waals surface area contributed by atoms with Gasteiger partial charge in [-0.1, -0.05) is 37.3 Å². The molecule has 2 saturated heterocycles. The minimum absolute atomic E-state index is 0.322. The van der Waals surface area contributed by atoms with Crippen LogP contribution in [-0.4, -0.2) is 61.7 Å². The van der Waals surface area contributed by atoms with Crippen LogP contribution in [0.15, 0.2) is 39.9 Å². The van der Waals surface area contributed by atoms with Crippen LogP contribution in [0.2, 0.25) is 0 Å². The van der Waals surface area contributed by atoms with Crippen molar-refractivity contribution in [2.24, 2.45) is 0 Å². The van der Waals surface area contributed by atoms with Crippen molar-refractivity contribution < 1.29 is 0 Å². The molecule has 0 unspecified atom stereocenters. The lowest BCUT2D eigenvalue weighted by atomic mass is 10.1. The van der Waals surface area contributed by atoms with Gasteiger partial charge >= 0.3 is 0 Å². The van der Waals surface area contributed by atoms with Gasteiger partial charge in [-0.2, -0.15) is 0 Å². The molecular weight excluding hydrogens is 352 g/mol. The van der Waals surface area contributed by atoms with E-state index >= 15 is 0 Å². The quantitative estimate of drug-likeness (QED) is 0.733. The number of anilines is 2. The third-order valence-electron chi connectivity index (χ3n) is 6.24. The summed E-state index contributed by atoms with van der Waals surface area (Å²) in [6.45, 7) is 9.40. The van der Waals surface area contributed by atoms with E-state index < -0.39 is 0 Å². The van der Waals surface area contributed by atoms with Gasteiger partial charge in [-0.15, -0.1) is 0 Å². The molecule has 150 valence electrons. The van der Waals surface area contributed by atoms with E-state index in [1.165, 1.54) is 12.0 Å². The highest BCUT2D eigenvalue weighted by atomic mass is 16.2. The van der Waals surface area contributed by atoms with Crippen molar-refractivity contribution in [3.05, 3.63) is 56.3 Å². The van der Waals surface area contributed by atoms with E-state index in [-0.39, 0.29) is 10.9 Å². The molecular formula is C22H30N4O2. The molecule has 2 heterocycles. The molecule has 2 aliphatic heterocycles. The molecule has 2 fully saturated rings. The first-order valence-electron chi connectivity index (χ1n) is 10.5. The number of hydrogen-bond acceptors (Lipinski definition) is 6. The maximum absolute atomic E-state index is 12.2. The third kappa shape index (κ3) is 3.84. The van der Waals surface area contributed by atoms with Gasteiger partial charge in [-0.05, 0) is 31.5 Å². The highest BCUT2D eigenvalue weighted by Crippen LogP contribution is 2.24. The number of benzene rings is 1. The Morgan fingerprint density at radius 2 is 1.75 bits per heavy atom. The zero-order valence-corrected chi connectivity index (χ0v) is 16.7. The SMILES string of the molecule is CCN1CCC[C@@H]1CNc1c(N2CCN(Cc3ccccc3)CC2)c(=O)c1=O. The van der Waals surface area contributed by atoms with Crippen LogP contribution in [0.4, 0.5) is 11.4 Å². The second-order valence-corrected chi connectivity index (χ2v) is 7.94. The minimum atomic E-state index is -0.345. The van der Waals surface area contributed by atoms with Crippen molar-refractivity contribution >= 4 is 11.4 Å². The van der Waals surface area contributed by atoms with Gasteiger partial charge in [-0.25, -0.2) is 0 Å². The molecule has 6 nitrogen and oxygen atoms in total. The molecule has 0 saturated carbocycles. The number of rotatable bonds is 7. The Morgan fingerprint density at radius 1 is 1.00 bits per heavy atom. The fourth-order valence-electron chi connectivity index (χ4n) is 4.58. The predicted octanol–water partition coefficient (Wildman–Crippen LogP) is 1.50. The lowest BCUT2D eigenvalue weighted by Gasteiger charge is -2.37. The van der Waals surface area contributed by atoms with Crippen LogP contribution in [0.5, 0.6) is 0 Å². The molecule has 4 rings (SSSR count). The number of hydrogen-bond donors (Lipinski definition) is 1. The standard InChI is InChI=1S/C22H30N4O2/c1-2-25-10-6-9-18(25)15-23-19-20(22(28)21(19)27)26-13-11-24(12-14-26)16-17-7-4-3-5-8-17/h3-5,7-8,18,23H,2,6,9-16H2,1H3/t18-/m1/s1. The molecule has 0 radical (unpaired) electrons. The summed E-state index contributed by atoms with van der Waals surface area (Å²) in [5.74, 6) is 0. The summed E-state index contributed by atoms with van der Waals surface area (Å²) in [6, 6.07) is 10.9. The third-order valence-corrected chi connectivity index (χ3v) is 6.24. The van der Waals surface area contributed by atoms with Crippen LogP contribution in [-0.2, 0) is 6.54 Å². The number of piperazine rings is 1. The topological polar surface area (TPSA) is 55.9 Å². The van der Waals surface area contributed by atoms with Gasteiger partial charge < -0.3 is 10.2 Å². The maximum Gasteiger partial charge on any atom is 0.253 e. The Kier molecular flexibility index (Phi) is 5.78. The normalized spacial score (nSPS) is 21.5. The molecule has 0 aromatic heterocycles. The van der Waals surface area contributed by atoms with Crippen molar-refractivity contribution in [3.63, 3.8) is 0 Å². The van der Waals surface area contributed by atoms with Crippen molar-refractivity contribution in [2.75, 3.05) is 56.0 Å². The maximum atomic E-state index is 12.2. The summed E-state index contributed by atoms with van der Waals surface area (Å²) in [4.78, 5) is 31.3.